The summed E-state index contributed by atoms with van der Waals surface area (Å²) < 4.78 is 1.92. The first-order valence-corrected chi connectivity index (χ1v) is 11.8. The standard InChI is InChI=1S/C24H31ClN6O/c1-5-6-13-29(4)24(32)18-8-7-14-30(15-18)23-22-21(16(2)26-27-23)17(3)31(28-22)20-11-9-19(25)10-12-20/h9-12,18H,5-8,13-15H2,1-4H3/t18-/m1/s1. The zero-order valence-electron chi connectivity index (χ0n) is 19.3. The molecule has 3 heterocycles. The number of carbonyl (C=O) groups is 1. The number of unbranched alkanes of at least 4 members (excludes halogenated alkanes) is 1. The van der Waals surface area contributed by atoms with Gasteiger partial charge in [0, 0.05) is 31.7 Å². The Hall–Kier alpha value is -2.67. The van der Waals surface area contributed by atoms with Gasteiger partial charge in [0.1, 0.15) is 5.52 Å². The number of aryl methyl sites for hydroxylation is 2. The molecule has 0 unspecified atom stereocenters. The fraction of sp³-hybridized carbons (Fsp3) is 0.500. The summed E-state index contributed by atoms with van der Waals surface area (Å²) in [5.41, 5.74) is 3.64. The zero-order chi connectivity index (χ0) is 22.8. The van der Waals surface area contributed by atoms with Gasteiger partial charge in [-0.05, 0) is 57.4 Å². The quantitative estimate of drug-likeness (QED) is 0.546. The number of carbonyl (C=O) groups excluding carboxylic acids is 1. The molecule has 1 saturated heterocycles. The Morgan fingerprint density at radius 1 is 1.22 bits per heavy atom. The first kappa shape index (κ1) is 22.5. The number of aromatic nitrogens is 4. The molecule has 170 valence electrons. The number of benzene rings is 1. The first-order chi connectivity index (χ1) is 15.4. The summed E-state index contributed by atoms with van der Waals surface area (Å²) >= 11 is 6.07. The molecular formula is C24H31ClN6O. The lowest BCUT2D eigenvalue weighted by atomic mass is 9.96. The highest BCUT2D eigenvalue weighted by atomic mass is 35.5. The predicted molar refractivity (Wildman–Crippen MR) is 129 cm³/mol. The minimum Gasteiger partial charge on any atom is -0.352 e. The van der Waals surface area contributed by atoms with Crippen molar-refractivity contribution in [2.45, 2.75) is 46.5 Å². The van der Waals surface area contributed by atoms with E-state index in [-0.39, 0.29) is 11.8 Å². The average Bonchev–Trinajstić information content (AvgIpc) is 3.15. The SMILES string of the molecule is CCCCN(C)C(=O)[C@@H]1CCCN(c2nnc(C)c3c(C)n(-c4ccc(Cl)cc4)nc23)C1. The Kier molecular flexibility index (Phi) is 6.65. The maximum Gasteiger partial charge on any atom is 0.227 e. The van der Waals surface area contributed by atoms with E-state index in [1.165, 1.54) is 0 Å². The molecule has 8 heteroatoms. The smallest absolute Gasteiger partial charge is 0.227 e. The molecule has 1 amide bonds. The highest BCUT2D eigenvalue weighted by Gasteiger charge is 2.30. The fourth-order valence-corrected chi connectivity index (χ4v) is 4.67. The van der Waals surface area contributed by atoms with Crippen LogP contribution in [0.15, 0.2) is 24.3 Å². The number of anilines is 1. The van der Waals surface area contributed by atoms with Crippen LogP contribution in [0.25, 0.3) is 16.6 Å². The molecular weight excluding hydrogens is 424 g/mol. The van der Waals surface area contributed by atoms with E-state index in [4.69, 9.17) is 16.7 Å². The monoisotopic (exact) mass is 454 g/mol. The molecule has 1 atom stereocenters. The van der Waals surface area contributed by atoms with E-state index < -0.39 is 0 Å². The number of hydrogen-bond donors (Lipinski definition) is 0. The molecule has 4 rings (SSSR count). The summed E-state index contributed by atoms with van der Waals surface area (Å²) in [6.45, 7) is 8.47. The molecule has 0 saturated carbocycles. The highest BCUT2D eigenvalue weighted by Crippen LogP contribution is 2.32. The van der Waals surface area contributed by atoms with E-state index in [2.05, 4.69) is 22.0 Å². The van der Waals surface area contributed by atoms with Crippen molar-refractivity contribution in [3.63, 3.8) is 0 Å². The molecule has 3 aromatic rings. The first-order valence-electron chi connectivity index (χ1n) is 11.4. The second-order valence-electron chi connectivity index (χ2n) is 8.70. The zero-order valence-corrected chi connectivity index (χ0v) is 20.1. The van der Waals surface area contributed by atoms with Gasteiger partial charge in [-0.2, -0.15) is 10.2 Å². The van der Waals surface area contributed by atoms with Crippen molar-refractivity contribution in [3.8, 4) is 5.69 Å². The van der Waals surface area contributed by atoms with Gasteiger partial charge in [-0.1, -0.05) is 24.9 Å². The van der Waals surface area contributed by atoms with Crippen LogP contribution < -0.4 is 4.90 Å². The molecule has 0 aliphatic carbocycles. The summed E-state index contributed by atoms with van der Waals surface area (Å²) in [4.78, 5) is 17.1. The summed E-state index contributed by atoms with van der Waals surface area (Å²) in [5.74, 6) is 0.959. The lowest BCUT2D eigenvalue weighted by Crippen LogP contribution is -2.44. The molecule has 1 aliphatic heterocycles. The largest absolute Gasteiger partial charge is 0.352 e. The Bertz CT molecular complexity index is 1110. The van der Waals surface area contributed by atoms with Crippen molar-refractivity contribution in [3.05, 3.63) is 40.7 Å². The number of piperidine rings is 1. The topological polar surface area (TPSA) is 67.2 Å². The van der Waals surface area contributed by atoms with Crippen molar-refractivity contribution < 1.29 is 4.79 Å². The maximum absolute atomic E-state index is 13.0. The number of fused-ring (bicyclic) bond motifs is 1. The second-order valence-corrected chi connectivity index (χ2v) is 9.14. The maximum atomic E-state index is 13.0. The van der Waals surface area contributed by atoms with Crippen LogP contribution in [0.2, 0.25) is 5.02 Å². The average molecular weight is 455 g/mol. The van der Waals surface area contributed by atoms with E-state index in [0.717, 1.165) is 72.6 Å². The molecule has 7 nitrogen and oxygen atoms in total. The molecule has 0 spiro atoms. The highest BCUT2D eigenvalue weighted by molar-refractivity contribution is 6.30. The van der Waals surface area contributed by atoms with E-state index in [1.54, 1.807) is 0 Å². The predicted octanol–water partition coefficient (Wildman–Crippen LogP) is 4.56. The molecule has 32 heavy (non-hydrogen) atoms. The third-order valence-corrected chi connectivity index (χ3v) is 6.60. The molecule has 0 N–H and O–H groups in total. The Morgan fingerprint density at radius 2 is 1.97 bits per heavy atom. The Morgan fingerprint density at radius 3 is 2.69 bits per heavy atom. The Balaban J connectivity index is 1.67. The van der Waals surface area contributed by atoms with Gasteiger partial charge in [0.15, 0.2) is 5.82 Å². The van der Waals surface area contributed by atoms with Crippen LogP contribution in [-0.2, 0) is 4.79 Å². The summed E-state index contributed by atoms with van der Waals surface area (Å²) in [6, 6.07) is 7.64. The molecule has 1 aromatic carbocycles. The van der Waals surface area contributed by atoms with Crippen molar-refractivity contribution >= 4 is 34.2 Å². The lowest BCUT2D eigenvalue weighted by Gasteiger charge is -2.34. The van der Waals surface area contributed by atoms with Crippen LogP contribution in [0.4, 0.5) is 5.82 Å². The molecule has 0 bridgehead atoms. The lowest BCUT2D eigenvalue weighted by molar-refractivity contribution is -0.134. The fourth-order valence-electron chi connectivity index (χ4n) is 4.55. The van der Waals surface area contributed by atoms with Gasteiger partial charge in [-0.3, -0.25) is 4.79 Å². The third kappa shape index (κ3) is 4.31. The molecule has 1 aliphatic rings. The molecule has 0 radical (unpaired) electrons. The van der Waals surface area contributed by atoms with Crippen molar-refractivity contribution in [1.82, 2.24) is 24.9 Å². The summed E-state index contributed by atoms with van der Waals surface area (Å²) in [5, 5.41) is 15.6. The van der Waals surface area contributed by atoms with E-state index in [1.807, 2.05) is 54.7 Å². The van der Waals surface area contributed by atoms with Gasteiger partial charge in [-0.25, -0.2) is 4.68 Å². The van der Waals surface area contributed by atoms with Gasteiger partial charge in [0.25, 0.3) is 0 Å². The molecule has 1 fully saturated rings. The summed E-state index contributed by atoms with van der Waals surface area (Å²) in [6.07, 6.45) is 3.98. The van der Waals surface area contributed by atoms with Crippen LogP contribution >= 0.6 is 11.6 Å². The van der Waals surface area contributed by atoms with Crippen LogP contribution in [0.5, 0.6) is 0 Å². The number of nitrogens with zero attached hydrogens (tertiary/aromatic N) is 6. The van der Waals surface area contributed by atoms with Gasteiger partial charge >= 0.3 is 0 Å². The summed E-state index contributed by atoms with van der Waals surface area (Å²) in [7, 11) is 1.91. The van der Waals surface area contributed by atoms with Crippen LogP contribution in [0.3, 0.4) is 0 Å². The van der Waals surface area contributed by atoms with Crippen LogP contribution in [0, 0.1) is 19.8 Å². The van der Waals surface area contributed by atoms with Crippen LogP contribution in [-0.4, -0.2) is 57.5 Å². The van der Waals surface area contributed by atoms with Gasteiger partial charge < -0.3 is 9.80 Å². The third-order valence-electron chi connectivity index (χ3n) is 6.35. The number of amides is 1. The minimum atomic E-state index is -0.0248. The van der Waals surface area contributed by atoms with Gasteiger partial charge in [0.05, 0.1) is 28.4 Å². The normalized spacial score (nSPS) is 16.5. The van der Waals surface area contributed by atoms with Crippen molar-refractivity contribution in [2.24, 2.45) is 5.92 Å². The van der Waals surface area contributed by atoms with Gasteiger partial charge in [-0.15, -0.1) is 5.10 Å². The van der Waals surface area contributed by atoms with Crippen LogP contribution in [0.1, 0.15) is 44.0 Å². The second kappa shape index (κ2) is 9.45. The minimum absolute atomic E-state index is 0.0248. The van der Waals surface area contributed by atoms with E-state index in [0.29, 0.717) is 11.6 Å². The number of halogens is 1. The molecule has 2 aromatic heterocycles. The van der Waals surface area contributed by atoms with Crippen molar-refractivity contribution in [2.75, 3.05) is 31.6 Å². The Labute approximate surface area is 194 Å². The number of rotatable bonds is 6. The number of hydrogen-bond acceptors (Lipinski definition) is 5. The van der Waals surface area contributed by atoms with Gasteiger partial charge in [0.2, 0.25) is 5.91 Å². The van der Waals surface area contributed by atoms with E-state index in [9.17, 15) is 4.79 Å². The van der Waals surface area contributed by atoms with E-state index >= 15 is 0 Å². The van der Waals surface area contributed by atoms with Crippen molar-refractivity contribution in [1.29, 1.82) is 0 Å².